The molecular weight excluding hydrogens is 383 g/mol. The van der Waals surface area contributed by atoms with Gasteiger partial charge in [0.25, 0.3) is 0 Å². The van der Waals surface area contributed by atoms with E-state index in [4.69, 9.17) is 0 Å². The van der Waals surface area contributed by atoms with E-state index in [1.807, 2.05) is 25.3 Å². The summed E-state index contributed by atoms with van der Waals surface area (Å²) in [6, 6.07) is 8.24. The summed E-state index contributed by atoms with van der Waals surface area (Å²) in [4.78, 5) is 17.2. The highest BCUT2D eigenvalue weighted by Gasteiger charge is 2.11. The highest BCUT2D eigenvalue weighted by atomic mass is 32.2. The third-order valence-electron chi connectivity index (χ3n) is 3.89. The van der Waals surface area contributed by atoms with Crippen LogP contribution in [0.4, 0.5) is 4.39 Å². The predicted octanol–water partition coefficient (Wildman–Crippen LogP) is 4.32. The molecule has 0 saturated heterocycles. The summed E-state index contributed by atoms with van der Waals surface area (Å²) in [7, 11) is 0. The number of carbonyl (C=O) groups excluding carboxylic acids is 1. The predicted molar refractivity (Wildman–Crippen MR) is 108 cm³/mol. The molecule has 0 spiro atoms. The Kier molecular flexibility index (Phi) is 6.41. The number of benzene rings is 1. The van der Waals surface area contributed by atoms with E-state index in [-0.39, 0.29) is 11.7 Å². The highest BCUT2D eigenvalue weighted by Crippen LogP contribution is 2.21. The molecule has 0 aliphatic carbocycles. The van der Waals surface area contributed by atoms with Gasteiger partial charge in [0.05, 0.1) is 6.21 Å². The molecule has 2 aromatic heterocycles. The molecule has 5 nitrogen and oxygen atoms in total. The van der Waals surface area contributed by atoms with Crippen molar-refractivity contribution in [1.29, 1.82) is 0 Å². The average molecular weight is 403 g/mol. The van der Waals surface area contributed by atoms with Crippen molar-refractivity contribution in [1.82, 2.24) is 15.0 Å². The number of nitrogens with one attached hydrogen (secondary N) is 1. The molecule has 0 saturated carbocycles. The van der Waals surface area contributed by atoms with Gasteiger partial charge in [0, 0.05) is 45.6 Å². The third kappa shape index (κ3) is 5.05. The number of hydrogen-bond acceptors (Lipinski definition) is 5. The molecule has 0 aliphatic rings. The second-order valence-corrected chi connectivity index (χ2v) is 7.86. The number of carbonyl (C=O) groups is 1. The number of amides is 1. The molecule has 140 valence electrons. The third-order valence-corrected chi connectivity index (χ3v) is 5.66. The van der Waals surface area contributed by atoms with Crippen LogP contribution in [-0.2, 0) is 4.79 Å². The number of hydrogen-bond donors (Lipinski definition) is 1. The molecule has 2 heterocycles. The van der Waals surface area contributed by atoms with Crippen molar-refractivity contribution < 1.29 is 9.18 Å². The van der Waals surface area contributed by atoms with Gasteiger partial charge in [-0.05, 0) is 44.2 Å². The lowest BCUT2D eigenvalue weighted by Crippen LogP contribution is -2.17. The number of aryl methyl sites for hydroxylation is 1. The lowest BCUT2D eigenvalue weighted by atomic mass is 10.3. The maximum absolute atomic E-state index is 12.9. The Morgan fingerprint density at radius 2 is 2.15 bits per heavy atom. The highest BCUT2D eigenvalue weighted by molar-refractivity contribution is 7.99. The van der Waals surface area contributed by atoms with Gasteiger partial charge in [-0.3, -0.25) is 9.36 Å². The van der Waals surface area contributed by atoms with E-state index in [0.717, 1.165) is 27.0 Å². The zero-order valence-electron chi connectivity index (χ0n) is 15.0. The average Bonchev–Trinajstić information content (AvgIpc) is 3.25. The number of aromatic nitrogens is 2. The zero-order chi connectivity index (χ0) is 19.2. The van der Waals surface area contributed by atoms with Crippen LogP contribution in [0.15, 0.2) is 51.9 Å². The van der Waals surface area contributed by atoms with Gasteiger partial charge in [-0.1, -0.05) is 0 Å². The minimum atomic E-state index is -0.263. The van der Waals surface area contributed by atoms with Crippen LogP contribution in [-0.4, -0.2) is 27.4 Å². The first-order valence-corrected chi connectivity index (χ1v) is 10.2. The van der Waals surface area contributed by atoms with Crippen LogP contribution in [0, 0.1) is 19.7 Å². The lowest BCUT2D eigenvalue weighted by Gasteiger charge is -2.04. The van der Waals surface area contributed by atoms with E-state index in [2.05, 4.69) is 20.1 Å². The first kappa shape index (κ1) is 19.3. The van der Waals surface area contributed by atoms with Crippen LogP contribution in [0.3, 0.4) is 0 Å². The van der Waals surface area contributed by atoms with E-state index in [0.29, 0.717) is 12.2 Å². The van der Waals surface area contributed by atoms with E-state index in [1.54, 1.807) is 35.9 Å². The number of thiazole rings is 1. The van der Waals surface area contributed by atoms with E-state index in [9.17, 15) is 9.18 Å². The van der Waals surface area contributed by atoms with Gasteiger partial charge in [-0.15, -0.1) is 23.1 Å². The molecule has 0 bridgehead atoms. The monoisotopic (exact) mass is 402 g/mol. The SMILES string of the molecule is Cc1cc(/C=N\NC(=O)CCSc2ccc(F)cc2)c(C)n1-c1nccs1. The Labute approximate surface area is 165 Å². The molecule has 3 aromatic rings. The molecule has 0 aliphatic heterocycles. The molecule has 1 amide bonds. The fraction of sp³-hybridized carbons (Fsp3) is 0.211. The van der Waals surface area contributed by atoms with Gasteiger partial charge in [0.2, 0.25) is 5.91 Å². The number of rotatable bonds is 7. The molecule has 8 heteroatoms. The molecule has 0 radical (unpaired) electrons. The Hall–Kier alpha value is -2.45. The number of nitrogens with zero attached hydrogens (tertiary/aromatic N) is 3. The van der Waals surface area contributed by atoms with Crippen molar-refractivity contribution in [2.24, 2.45) is 5.10 Å². The summed E-state index contributed by atoms with van der Waals surface area (Å²) in [6.45, 7) is 4.01. The van der Waals surface area contributed by atoms with Crippen molar-refractivity contribution in [2.75, 3.05) is 5.75 Å². The summed E-state index contributed by atoms with van der Waals surface area (Å²) in [6.07, 6.45) is 3.76. The quantitative estimate of drug-likeness (QED) is 0.364. The van der Waals surface area contributed by atoms with Crippen LogP contribution >= 0.6 is 23.1 Å². The first-order valence-electron chi connectivity index (χ1n) is 8.33. The summed E-state index contributed by atoms with van der Waals surface area (Å²) >= 11 is 3.07. The van der Waals surface area contributed by atoms with Gasteiger partial charge in [-0.2, -0.15) is 5.10 Å². The second kappa shape index (κ2) is 8.96. The minimum absolute atomic E-state index is 0.158. The molecule has 1 N–H and O–H groups in total. The number of halogens is 1. The summed E-state index contributed by atoms with van der Waals surface area (Å²) in [5.41, 5.74) is 5.57. The fourth-order valence-electron chi connectivity index (χ4n) is 2.56. The van der Waals surface area contributed by atoms with Crippen molar-refractivity contribution >= 4 is 35.2 Å². The van der Waals surface area contributed by atoms with Crippen LogP contribution in [0.25, 0.3) is 5.13 Å². The molecule has 3 rings (SSSR count). The lowest BCUT2D eigenvalue weighted by molar-refractivity contribution is -0.120. The van der Waals surface area contributed by atoms with E-state index < -0.39 is 0 Å². The zero-order valence-corrected chi connectivity index (χ0v) is 16.6. The molecular formula is C19H19FN4OS2. The number of thioether (sulfide) groups is 1. The number of hydrazone groups is 1. The van der Waals surface area contributed by atoms with Gasteiger partial charge in [0.1, 0.15) is 5.82 Å². The standard InChI is InChI=1S/C19H19FN4OS2/c1-13-11-15(14(2)24(13)19-21-8-10-27-19)12-22-23-18(25)7-9-26-17-5-3-16(20)4-6-17/h3-6,8,10-12H,7,9H2,1-2H3,(H,23,25)/b22-12-. The minimum Gasteiger partial charge on any atom is -0.294 e. The summed E-state index contributed by atoms with van der Waals surface area (Å²) in [5, 5.41) is 6.91. The molecule has 27 heavy (non-hydrogen) atoms. The van der Waals surface area contributed by atoms with Crippen molar-refractivity contribution in [3.05, 3.63) is 64.7 Å². The largest absolute Gasteiger partial charge is 0.294 e. The Morgan fingerprint density at radius 1 is 1.37 bits per heavy atom. The molecule has 1 aromatic carbocycles. The smallest absolute Gasteiger partial charge is 0.240 e. The Bertz CT molecular complexity index is 934. The normalized spacial score (nSPS) is 11.2. The van der Waals surface area contributed by atoms with Gasteiger partial charge in [0.15, 0.2) is 5.13 Å². The van der Waals surface area contributed by atoms with E-state index in [1.165, 1.54) is 23.9 Å². The first-order chi connectivity index (χ1) is 13.0. The van der Waals surface area contributed by atoms with Crippen molar-refractivity contribution in [2.45, 2.75) is 25.2 Å². The van der Waals surface area contributed by atoms with Crippen LogP contribution in [0.5, 0.6) is 0 Å². The van der Waals surface area contributed by atoms with Gasteiger partial charge >= 0.3 is 0 Å². The molecule has 0 fully saturated rings. The molecule has 0 atom stereocenters. The Balaban J connectivity index is 1.51. The van der Waals surface area contributed by atoms with Crippen LogP contribution < -0.4 is 5.43 Å². The fourth-order valence-corrected chi connectivity index (χ4v) is 4.16. The van der Waals surface area contributed by atoms with Gasteiger partial charge in [-0.25, -0.2) is 14.8 Å². The van der Waals surface area contributed by atoms with Crippen LogP contribution in [0.2, 0.25) is 0 Å². The topological polar surface area (TPSA) is 59.3 Å². The summed E-state index contributed by atoms with van der Waals surface area (Å²) in [5.74, 6) is 0.182. The maximum Gasteiger partial charge on any atom is 0.240 e. The van der Waals surface area contributed by atoms with Crippen molar-refractivity contribution in [3.8, 4) is 5.13 Å². The van der Waals surface area contributed by atoms with Crippen molar-refractivity contribution in [3.63, 3.8) is 0 Å². The Morgan fingerprint density at radius 3 is 2.85 bits per heavy atom. The summed E-state index contributed by atoms with van der Waals surface area (Å²) < 4.78 is 14.9. The molecule has 0 unspecified atom stereocenters. The van der Waals surface area contributed by atoms with Gasteiger partial charge < -0.3 is 0 Å². The maximum atomic E-state index is 12.9. The second-order valence-electron chi connectivity index (χ2n) is 5.82. The van der Waals surface area contributed by atoms with E-state index >= 15 is 0 Å². The van der Waals surface area contributed by atoms with Crippen LogP contribution in [0.1, 0.15) is 23.4 Å².